The molecule has 0 saturated carbocycles. The number of Topliss-reactive ketones (excluding diaryl/α,β-unsaturated/α-hetero) is 1. The van der Waals surface area contributed by atoms with E-state index in [9.17, 15) is 4.79 Å². The number of nitrogens with zero attached hydrogens (tertiary/aromatic N) is 1. The van der Waals surface area contributed by atoms with Gasteiger partial charge in [-0.05, 0) is 13.8 Å². The minimum Gasteiger partial charge on any atom is -0.313 e. The quantitative estimate of drug-likeness (QED) is 0.515. The predicted molar refractivity (Wildman–Crippen MR) is 32.2 cm³/mol. The Balaban J connectivity index is 2.69. The van der Waals surface area contributed by atoms with E-state index in [0.717, 1.165) is 5.06 Å². The molecule has 0 bridgehead atoms. The lowest BCUT2D eigenvalue weighted by Gasteiger charge is -2.23. The van der Waals surface area contributed by atoms with Gasteiger partial charge in [0.1, 0.15) is 0 Å². The molecule has 1 fully saturated rings. The summed E-state index contributed by atoms with van der Waals surface area (Å²) in [6, 6.07) is 0. The summed E-state index contributed by atoms with van der Waals surface area (Å²) >= 11 is 0. The molecule has 1 rings (SSSR count). The Bertz CT molecular complexity index is 142. The van der Waals surface area contributed by atoms with Crippen LogP contribution in [-0.2, 0) is 4.79 Å². The van der Waals surface area contributed by atoms with E-state index in [1.54, 1.807) is 0 Å². The van der Waals surface area contributed by atoms with Crippen molar-refractivity contribution in [2.24, 2.45) is 0 Å². The monoisotopic (exact) mass is 129 g/mol. The number of hydrogen-bond acceptors (Lipinski definition) is 3. The van der Waals surface area contributed by atoms with Crippen molar-refractivity contribution < 1.29 is 10.0 Å². The van der Waals surface area contributed by atoms with Crippen LogP contribution in [0.4, 0.5) is 0 Å². The summed E-state index contributed by atoms with van der Waals surface area (Å²) in [5.41, 5.74) is -0.336. The summed E-state index contributed by atoms with van der Waals surface area (Å²) in [4.78, 5) is 10.7. The molecule has 3 nitrogen and oxygen atoms in total. The topological polar surface area (TPSA) is 40.5 Å². The van der Waals surface area contributed by atoms with Gasteiger partial charge in [-0.25, -0.2) is 0 Å². The highest BCUT2D eigenvalue weighted by molar-refractivity contribution is 5.83. The highest BCUT2D eigenvalue weighted by Crippen LogP contribution is 2.22. The number of hydroxylamine groups is 2. The maximum absolute atomic E-state index is 10.7. The molecule has 1 heterocycles. The predicted octanol–water partition coefficient (Wildman–Crippen LogP) is 0.429. The molecule has 0 spiro atoms. The molecule has 1 aliphatic rings. The van der Waals surface area contributed by atoms with Crippen LogP contribution in [0.2, 0.25) is 0 Å². The molecule has 1 N–H and O–H groups in total. The second kappa shape index (κ2) is 1.78. The fraction of sp³-hybridized carbons (Fsp3) is 0.833. The van der Waals surface area contributed by atoms with Crippen LogP contribution in [-0.4, -0.2) is 28.1 Å². The van der Waals surface area contributed by atoms with E-state index in [1.807, 2.05) is 13.8 Å². The second-order valence-electron chi connectivity index (χ2n) is 3.09. The van der Waals surface area contributed by atoms with E-state index in [4.69, 9.17) is 5.21 Å². The summed E-state index contributed by atoms with van der Waals surface area (Å²) in [5.74, 6) is 0.113. The summed E-state index contributed by atoms with van der Waals surface area (Å²) in [5, 5.41) is 10.1. The molecule has 9 heavy (non-hydrogen) atoms. The fourth-order valence-electron chi connectivity index (χ4n) is 1.01. The van der Waals surface area contributed by atoms with E-state index in [2.05, 4.69) is 0 Å². The van der Waals surface area contributed by atoms with Gasteiger partial charge in [0, 0.05) is 12.0 Å². The minimum atomic E-state index is -0.336. The lowest BCUT2D eigenvalue weighted by molar-refractivity contribution is -0.140. The lowest BCUT2D eigenvalue weighted by Crippen LogP contribution is -2.34. The van der Waals surface area contributed by atoms with Crippen LogP contribution in [0, 0.1) is 0 Å². The summed E-state index contributed by atoms with van der Waals surface area (Å²) in [6.07, 6.45) is 0.462. The fourth-order valence-corrected chi connectivity index (χ4v) is 1.01. The first kappa shape index (κ1) is 6.71. The standard InChI is InChI=1S/C6H11NO2/c1-6(2)3-5(8)4-7(6)9/h9H,3-4H2,1-2H3. The molecule has 0 radical (unpaired) electrons. The van der Waals surface area contributed by atoms with Crippen LogP contribution >= 0.6 is 0 Å². The Morgan fingerprint density at radius 1 is 1.67 bits per heavy atom. The number of rotatable bonds is 0. The molecule has 1 aliphatic heterocycles. The normalized spacial score (nSPS) is 27.2. The van der Waals surface area contributed by atoms with Crippen molar-refractivity contribution in [2.45, 2.75) is 25.8 Å². The van der Waals surface area contributed by atoms with Crippen LogP contribution in [0.1, 0.15) is 20.3 Å². The first-order chi connectivity index (χ1) is 4.02. The van der Waals surface area contributed by atoms with Gasteiger partial charge in [0.05, 0.1) is 6.54 Å². The van der Waals surface area contributed by atoms with Crippen LogP contribution in [0.25, 0.3) is 0 Å². The number of carbonyl (C=O) groups excluding carboxylic acids is 1. The van der Waals surface area contributed by atoms with Gasteiger partial charge in [-0.15, -0.1) is 0 Å². The highest BCUT2D eigenvalue weighted by atomic mass is 16.5. The van der Waals surface area contributed by atoms with Crippen molar-refractivity contribution in [1.82, 2.24) is 5.06 Å². The van der Waals surface area contributed by atoms with Gasteiger partial charge in [0.15, 0.2) is 5.78 Å². The molecular weight excluding hydrogens is 118 g/mol. The highest BCUT2D eigenvalue weighted by Gasteiger charge is 2.36. The number of carbonyl (C=O) groups is 1. The van der Waals surface area contributed by atoms with Gasteiger partial charge >= 0.3 is 0 Å². The van der Waals surface area contributed by atoms with Gasteiger partial charge < -0.3 is 5.21 Å². The third-order valence-electron chi connectivity index (χ3n) is 1.65. The maximum Gasteiger partial charge on any atom is 0.151 e. The molecular formula is C6H11NO2. The average Bonchev–Trinajstić information content (AvgIpc) is 1.79. The van der Waals surface area contributed by atoms with Crippen molar-refractivity contribution in [2.75, 3.05) is 6.54 Å². The van der Waals surface area contributed by atoms with Crippen LogP contribution in [0.3, 0.4) is 0 Å². The zero-order valence-corrected chi connectivity index (χ0v) is 5.72. The maximum atomic E-state index is 10.7. The summed E-state index contributed by atoms with van der Waals surface area (Å²) in [7, 11) is 0. The zero-order valence-electron chi connectivity index (χ0n) is 5.72. The summed E-state index contributed by atoms with van der Waals surface area (Å²) < 4.78 is 0. The average molecular weight is 129 g/mol. The Morgan fingerprint density at radius 3 is 2.33 bits per heavy atom. The largest absolute Gasteiger partial charge is 0.313 e. The van der Waals surface area contributed by atoms with Crippen LogP contribution in [0.5, 0.6) is 0 Å². The van der Waals surface area contributed by atoms with Crippen molar-refractivity contribution >= 4 is 5.78 Å². The molecule has 3 heteroatoms. The first-order valence-corrected chi connectivity index (χ1v) is 3.00. The summed E-state index contributed by atoms with van der Waals surface area (Å²) in [6.45, 7) is 3.88. The molecule has 1 saturated heterocycles. The number of ketones is 1. The van der Waals surface area contributed by atoms with E-state index in [0.29, 0.717) is 6.42 Å². The van der Waals surface area contributed by atoms with E-state index < -0.39 is 0 Å². The Kier molecular flexibility index (Phi) is 1.33. The molecule has 0 unspecified atom stereocenters. The lowest BCUT2D eigenvalue weighted by atomic mass is 10.0. The molecule has 0 atom stereocenters. The van der Waals surface area contributed by atoms with E-state index in [-0.39, 0.29) is 17.9 Å². The first-order valence-electron chi connectivity index (χ1n) is 3.00. The smallest absolute Gasteiger partial charge is 0.151 e. The Hall–Kier alpha value is -0.410. The van der Waals surface area contributed by atoms with Crippen molar-refractivity contribution in [3.63, 3.8) is 0 Å². The number of hydrogen-bond donors (Lipinski definition) is 1. The van der Waals surface area contributed by atoms with Crippen molar-refractivity contribution in [3.05, 3.63) is 0 Å². The third-order valence-corrected chi connectivity index (χ3v) is 1.65. The SMILES string of the molecule is CC1(C)CC(=O)CN1O. The molecule has 0 aliphatic carbocycles. The Morgan fingerprint density at radius 2 is 2.22 bits per heavy atom. The van der Waals surface area contributed by atoms with Gasteiger partial charge in [0.25, 0.3) is 0 Å². The Labute approximate surface area is 54.2 Å². The molecule has 0 aromatic heterocycles. The van der Waals surface area contributed by atoms with E-state index in [1.165, 1.54) is 0 Å². The third kappa shape index (κ3) is 1.11. The zero-order chi connectivity index (χ0) is 7.07. The minimum absolute atomic E-state index is 0.113. The van der Waals surface area contributed by atoms with Gasteiger partial charge in [-0.1, -0.05) is 0 Å². The van der Waals surface area contributed by atoms with Crippen LogP contribution < -0.4 is 0 Å². The van der Waals surface area contributed by atoms with Gasteiger partial charge in [0.2, 0.25) is 0 Å². The van der Waals surface area contributed by atoms with Crippen LogP contribution in [0.15, 0.2) is 0 Å². The van der Waals surface area contributed by atoms with Gasteiger partial charge in [-0.3, -0.25) is 4.79 Å². The van der Waals surface area contributed by atoms with Crippen molar-refractivity contribution in [1.29, 1.82) is 0 Å². The molecule has 0 aromatic rings. The van der Waals surface area contributed by atoms with E-state index >= 15 is 0 Å². The van der Waals surface area contributed by atoms with Gasteiger partial charge in [-0.2, -0.15) is 5.06 Å². The molecule has 52 valence electrons. The second-order valence-corrected chi connectivity index (χ2v) is 3.09. The molecule has 0 aromatic carbocycles. The van der Waals surface area contributed by atoms with Crippen molar-refractivity contribution in [3.8, 4) is 0 Å². The molecule has 0 amide bonds.